The Kier molecular flexibility index (Phi) is 7.50. The molecule has 0 radical (unpaired) electrons. The molecule has 1 aromatic rings. The third-order valence-electron chi connectivity index (χ3n) is 6.13. The number of imide groups is 1. The fraction of sp³-hybridized carbons (Fsp3) is 0.591. The van der Waals surface area contributed by atoms with E-state index in [1.165, 1.54) is 0 Å². The number of urea groups is 1. The molecule has 4 amide bonds. The number of amides is 4. The SMILES string of the molecule is CCN1CCN(CCCNC(=O)CN2C(=O)NC(C)(c3ccc(OC)cc3)C2=O)CC1. The maximum atomic E-state index is 12.9. The Hall–Kier alpha value is -2.65. The standard InChI is InChI=1S/C22H33N5O4/c1-4-25-12-14-26(15-13-25)11-5-10-23-19(28)16-27-20(29)22(2,24-21(27)30)17-6-8-18(31-3)9-7-17/h6-9H,4-5,10-16H2,1-3H3,(H,23,28)(H,24,30). The van der Waals surface area contributed by atoms with Crippen molar-refractivity contribution in [3.05, 3.63) is 29.8 Å². The summed E-state index contributed by atoms with van der Waals surface area (Å²) in [4.78, 5) is 43.5. The minimum absolute atomic E-state index is 0.286. The van der Waals surface area contributed by atoms with Crippen LogP contribution in [0.25, 0.3) is 0 Å². The van der Waals surface area contributed by atoms with Crippen LogP contribution in [0.4, 0.5) is 4.79 Å². The van der Waals surface area contributed by atoms with E-state index in [-0.39, 0.29) is 12.5 Å². The number of benzene rings is 1. The van der Waals surface area contributed by atoms with E-state index in [2.05, 4.69) is 27.4 Å². The van der Waals surface area contributed by atoms with Crippen LogP contribution in [0.5, 0.6) is 5.75 Å². The van der Waals surface area contributed by atoms with Crippen molar-refractivity contribution in [3.63, 3.8) is 0 Å². The van der Waals surface area contributed by atoms with Crippen molar-refractivity contribution < 1.29 is 19.1 Å². The molecule has 0 aromatic heterocycles. The highest BCUT2D eigenvalue weighted by atomic mass is 16.5. The van der Waals surface area contributed by atoms with Gasteiger partial charge in [-0.1, -0.05) is 19.1 Å². The molecule has 9 nitrogen and oxygen atoms in total. The Bertz CT molecular complexity index is 792. The summed E-state index contributed by atoms with van der Waals surface area (Å²) in [7, 11) is 1.56. The lowest BCUT2D eigenvalue weighted by Crippen LogP contribution is -2.47. The number of methoxy groups -OCH3 is 1. The second-order valence-corrected chi connectivity index (χ2v) is 8.15. The largest absolute Gasteiger partial charge is 0.497 e. The summed E-state index contributed by atoms with van der Waals surface area (Å²) >= 11 is 0. The molecule has 0 bridgehead atoms. The lowest BCUT2D eigenvalue weighted by atomic mass is 9.92. The van der Waals surface area contributed by atoms with E-state index in [9.17, 15) is 14.4 Å². The van der Waals surface area contributed by atoms with Crippen molar-refractivity contribution in [1.29, 1.82) is 0 Å². The van der Waals surface area contributed by atoms with Crippen molar-refractivity contribution >= 4 is 17.8 Å². The van der Waals surface area contributed by atoms with E-state index in [0.717, 1.165) is 50.6 Å². The number of carbonyl (C=O) groups excluding carboxylic acids is 3. The molecule has 2 heterocycles. The molecule has 170 valence electrons. The lowest BCUT2D eigenvalue weighted by Gasteiger charge is -2.33. The van der Waals surface area contributed by atoms with E-state index in [1.807, 2.05) is 0 Å². The fourth-order valence-corrected chi connectivity index (χ4v) is 4.02. The number of ether oxygens (including phenoxy) is 1. The number of piperazine rings is 1. The zero-order valence-electron chi connectivity index (χ0n) is 18.6. The van der Waals surface area contributed by atoms with Gasteiger partial charge in [-0.3, -0.25) is 14.5 Å². The topological polar surface area (TPSA) is 94.2 Å². The number of likely N-dealkylation sites (N-methyl/N-ethyl adjacent to an activating group) is 1. The highest BCUT2D eigenvalue weighted by molar-refractivity contribution is 6.09. The smallest absolute Gasteiger partial charge is 0.325 e. The maximum absolute atomic E-state index is 12.9. The summed E-state index contributed by atoms with van der Waals surface area (Å²) in [5.41, 5.74) is -0.567. The first-order valence-corrected chi connectivity index (χ1v) is 10.9. The number of rotatable bonds is 9. The van der Waals surface area contributed by atoms with Gasteiger partial charge in [-0.05, 0) is 44.1 Å². The van der Waals surface area contributed by atoms with Gasteiger partial charge in [0.15, 0.2) is 0 Å². The number of carbonyl (C=O) groups is 3. The van der Waals surface area contributed by atoms with E-state index >= 15 is 0 Å². The molecule has 0 spiro atoms. The highest BCUT2D eigenvalue weighted by Gasteiger charge is 2.49. The highest BCUT2D eigenvalue weighted by Crippen LogP contribution is 2.29. The van der Waals surface area contributed by atoms with Gasteiger partial charge in [0.25, 0.3) is 5.91 Å². The molecular weight excluding hydrogens is 398 g/mol. The van der Waals surface area contributed by atoms with Gasteiger partial charge in [0, 0.05) is 32.7 Å². The molecule has 31 heavy (non-hydrogen) atoms. The maximum Gasteiger partial charge on any atom is 0.325 e. The predicted molar refractivity (Wildman–Crippen MR) is 117 cm³/mol. The molecule has 3 rings (SSSR count). The summed E-state index contributed by atoms with van der Waals surface area (Å²) in [5, 5.41) is 5.54. The molecule has 1 aromatic carbocycles. The molecule has 2 aliphatic rings. The van der Waals surface area contributed by atoms with Crippen LogP contribution in [0.3, 0.4) is 0 Å². The van der Waals surface area contributed by atoms with Crippen molar-refractivity contribution in [2.45, 2.75) is 25.8 Å². The first-order valence-electron chi connectivity index (χ1n) is 10.9. The number of nitrogens with zero attached hydrogens (tertiary/aromatic N) is 3. The summed E-state index contributed by atoms with van der Waals surface area (Å²) in [6, 6.07) is 6.38. The Morgan fingerprint density at radius 1 is 1.13 bits per heavy atom. The number of hydrogen-bond donors (Lipinski definition) is 2. The van der Waals surface area contributed by atoms with E-state index < -0.39 is 17.5 Å². The van der Waals surface area contributed by atoms with Gasteiger partial charge >= 0.3 is 6.03 Å². The average Bonchev–Trinajstić information content (AvgIpc) is 3.01. The van der Waals surface area contributed by atoms with Crippen LogP contribution in [-0.4, -0.2) is 92.0 Å². The van der Waals surface area contributed by atoms with Crippen LogP contribution in [0.2, 0.25) is 0 Å². The van der Waals surface area contributed by atoms with E-state index in [4.69, 9.17) is 4.74 Å². The van der Waals surface area contributed by atoms with Crippen LogP contribution in [0.15, 0.2) is 24.3 Å². The molecule has 1 atom stereocenters. The Labute approximate surface area is 183 Å². The summed E-state index contributed by atoms with van der Waals surface area (Å²) in [6.45, 7) is 10.3. The molecular formula is C22H33N5O4. The molecule has 2 N–H and O–H groups in total. The third kappa shape index (κ3) is 5.34. The molecule has 0 saturated carbocycles. The van der Waals surface area contributed by atoms with Gasteiger partial charge < -0.3 is 25.2 Å². The Morgan fingerprint density at radius 2 is 1.77 bits per heavy atom. The average molecular weight is 432 g/mol. The second kappa shape index (κ2) is 10.1. The fourth-order valence-electron chi connectivity index (χ4n) is 4.02. The first kappa shape index (κ1) is 23.0. The van der Waals surface area contributed by atoms with Crippen molar-refractivity contribution in [2.75, 3.05) is 59.5 Å². The van der Waals surface area contributed by atoms with Crippen molar-refractivity contribution in [3.8, 4) is 5.75 Å². The summed E-state index contributed by atoms with van der Waals surface area (Å²) in [5.74, 6) is -0.113. The minimum Gasteiger partial charge on any atom is -0.497 e. The molecule has 2 fully saturated rings. The van der Waals surface area contributed by atoms with Crippen molar-refractivity contribution in [1.82, 2.24) is 25.3 Å². The number of nitrogens with one attached hydrogen (secondary N) is 2. The van der Waals surface area contributed by atoms with Gasteiger partial charge in [0.1, 0.15) is 17.8 Å². The normalized spacial score (nSPS) is 22.5. The van der Waals surface area contributed by atoms with Crippen molar-refractivity contribution in [2.24, 2.45) is 0 Å². The molecule has 2 aliphatic heterocycles. The zero-order chi connectivity index (χ0) is 22.4. The second-order valence-electron chi connectivity index (χ2n) is 8.15. The molecule has 9 heteroatoms. The summed E-state index contributed by atoms with van der Waals surface area (Å²) in [6.07, 6.45) is 0.835. The van der Waals surface area contributed by atoms with E-state index in [1.54, 1.807) is 38.3 Å². The summed E-state index contributed by atoms with van der Waals surface area (Å²) < 4.78 is 5.14. The molecule has 1 unspecified atom stereocenters. The lowest BCUT2D eigenvalue weighted by molar-refractivity contribution is -0.134. The van der Waals surface area contributed by atoms with Gasteiger partial charge in [-0.15, -0.1) is 0 Å². The zero-order valence-corrected chi connectivity index (χ0v) is 18.6. The third-order valence-corrected chi connectivity index (χ3v) is 6.13. The van der Waals surface area contributed by atoms with Crippen LogP contribution >= 0.6 is 0 Å². The quantitative estimate of drug-likeness (QED) is 0.440. The Morgan fingerprint density at radius 3 is 2.39 bits per heavy atom. The van der Waals surface area contributed by atoms with Gasteiger partial charge in [0.2, 0.25) is 5.91 Å². The monoisotopic (exact) mass is 431 g/mol. The van der Waals surface area contributed by atoms with Crippen LogP contribution in [-0.2, 0) is 15.1 Å². The van der Waals surface area contributed by atoms with Crippen LogP contribution in [0, 0.1) is 0 Å². The van der Waals surface area contributed by atoms with Gasteiger partial charge in [0.05, 0.1) is 7.11 Å². The van der Waals surface area contributed by atoms with Gasteiger partial charge in [-0.25, -0.2) is 4.79 Å². The van der Waals surface area contributed by atoms with Crippen LogP contribution < -0.4 is 15.4 Å². The van der Waals surface area contributed by atoms with E-state index in [0.29, 0.717) is 17.9 Å². The Balaban J connectivity index is 1.45. The molecule has 0 aliphatic carbocycles. The number of hydrogen-bond acceptors (Lipinski definition) is 6. The minimum atomic E-state index is -1.20. The first-order chi connectivity index (χ1) is 14.9. The predicted octanol–water partition coefficient (Wildman–Crippen LogP) is 0.606. The van der Waals surface area contributed by atoms with Gasteiger partial charge in [-0.2, -0.15) is 0 Å². The van der Waals surface area contributed by atoms with Crippen LogP contribution in [0.1, 0.15) is 25.8 Å². The molecule has 2 saturated heterocycles.